The Morgan fingerprint density at radius 2 is 2.00 bits per heavy atom. The molecule has 4 heterocycles. The molecule has 0 spiro atoms. The minimum absolute atomic E-state index is 0.125. The molecule has 0 aliphatic heterocycles. The van der Waals surface area contributed by atoms with Gasteiger partial charge in [-0.25, -0.2) is 9.97 Å². The van der Waals surface area contributed by atoms with Crippen LogP contribution < -0.4 is 10.9 Å². The normalized spacial score (nSPS) is 11.3. The number of carbonyl (C=O) groups excluding carboxylic acids is 1. The molecule has 160 valence electrons. The van der Waals surface area contributed by atoms with Gasteiger partial charge in [-0.15, -0.1) is 11.3 Å². The largest absolute Gasteiger partial charge is 0.350 e. The van der Waals surface area contributed by atoms with Crippen molar-refractivity contribution in [3.63, 3.8) is 0 Å². The van der Waals surface area contributed by atoms with Crippen molar-refractivity contribution in [2.75, 3.05) is 0 Å². The van der Waals surface area contributed by atoms with Crippen LogP contribution in [0.25, 0.3) is 27.0 Å². The maximum absolute atomic E-state index is 13.1. The highest BCUT2D eigenvalue weighted by Gasteiger charge is 2.14. The third-order valence-corrected chi connectivity index (χ3v) is 6.27. The molecule has 5 aromatic rings. The van der Waals surface area contributed by atoms with Crippen molar-refractivity contribution in [1.29, 1.82) is 0 Å². The van der Waals surface area contributed by atoms with Crippen molar-refractivity contribution in [2.45, 2.75) is 26.4 Å². The van der Waals surface area contributed by atoms with Crippen LogP contribution in [0.2, 0.25) is 0 Å². The summed E-state index contributed by atoms with van der Waals surface area (Å²) in [6.45, 7) is 2.64. The van der Waals surface area contributed by atoms with E-state index in [2.05, 4.69) is 15.3 Å². The summed E-state index contributed by atoms with van der Waals surface area (Å²) in [7, 11) is 0. The lowest BCUT2D eigenvalue weighted by atomic mass is 10.1. The van der Waals surface area contributed by atoms with E-state index >= 15 is 0 Å². The number of benzene rings is 1. The molecule has 32 heavy (non-hydrogen) atoms. The number of pyridine rings is 1. The summed E-state index contributed by atoms with van der Waals surface area (Å²) in [4.78, 5) is 35.1. The highest BCUT2D eigenvalue weighted by molar-refractivity contribution is 7.17. The smallest absolute Gasteiger partial charge is 0.262 e. The van der Waals surface area contributed by atoms with E-state index in [1.807, 2.05) is 71.6 Å². The Balaban J connectivity index is 1.29. The van der Waals surface area contributed by atoms with Crippen molar-refractivity contribution in [2.24, 2.45) is 0 Å². The van der Waals surface area contributed by atoms with Gasteiger partial charge in [0.15, 0.2) is 0 Å². The summed E-state index contributed by atoms with van der Waals surface area (Å²) in [6, 6.07) is 13.8. The third-order valence-electron chi connectivity index (χ3n) is 5.38. The molecule has 0 saturated heterocycles. The van der Waals surface area contributed by atoms with Gasteiger partial charge in [0.05, 0.1) is 24.0 Å². The molecular weight excluding hydrogens is 422 g/mol. The molecule has 1 aromatic carbocycles. The number of aryl methyl sites for hydroxylation is 2. The van der Waals surface area contributed by atoms with Crippen LogP contribution in [0.3, 0.4) is 0 Å². The van der Waals surface area contributed by atoms with Crippen LogP contribution in [0.1, 0.15) is 17.7 Å². The van der Waals surface area contributed by atoms with Gasteiger partial charge < -0.3 is 9.72 Å². The van der Waals surface area contributed by atoms with E-state index in [4.69, 9.17) is 0 Å². The first-order valence-corrected chi connectivity index (χ1v) is 11.2. The van der Waals surface area contributed by atoms with E-state index in [1.165, 1.54) is 27.8 Å². The Labute approximate surface area is 188 Å². The Morgan fingerprint density at radius 1 is 1.16 bits per heavy atom. The highest BCUT2D eigenvalue weighted by atomic mass is 32.1. The second-order valence-electron chi connectivity index (χ2n) is 7.66. The van der Waals surface area contributed by atoms with Crippen molar-refractivity contribution in [3.8, 4) is 11.1 Å². The number of hydrogen-bond acceptors (Lipinski definition) is 5. The van der Waals surface area contributed by atoms with Crippen LogP contribution in [0, 0.1) is 6.92 Å². The second-order valence-corrected chi connectivity index (χ2v) is 8.52. The number of thiophene rings is 1. The number of nitrogens with one attached hydrogen (secondary N) is 1. The number of fused-ring (bicyclic) bond motifs is 2. The van der Waals surface area contributed by atoms with Crippen LogP contribution in [0.5, 0.6) is 0 Å². The fourth-order valence-corrected chi connectivity index (χ4v) is 4.55. The SMILES string of the molecule is Cc1ccc(-c2csc3ncn(CCC(=O)NCc4cn5ccccc5n4)c(=O)c23)cc1. The Hall–Kier alpha value is -3.78. The van der Waals surface area contributed by atoms with E-state index in [-0.39, 0.29) is 24.4 Å². The number of hydrogen-bond donors (Lipinski definition) is 1. The zero-order chi connectivity index (χ0) is 22.1. The zero-order valence-electron chi connectivity index (χ0n) is 17.5. The van der Waals surface area contributed by atoms with Crippen LogP contribution in [-0.2, 0) is 17.9 Å². The van der Waals surface area contributed by atoms with Crippen LogP contribution in [0.15, 0.2) is 71.4 Å². The quantitative estimate of drug-likeness (QED) is 0.433. The molecule has 0 aliphatic rings. The number of rotatable bonds is 6. The van der Waals surface area contributed by atoms with Gasteiger partial charge in [0.1, 0.15) is 10.5 Å². The first kappa shape index (κ1) is 20.1. The number of nitrogens with zero attached hydrogens (tertiary/aromatic N) is 4. The van der Waals surface area contributed by atoms with Crippen LogP contribution in [-0.4, -0.2) is 24.8 Å². The third kappa shape index (κ3) is 3.92. The molecule has 0 bridgehead atoms. The molecular formula is C24H21N5O2S. The molecule has 0 fully saturated rings. The first-order valence-electron chi connectivity index (χ1n) is 10.3. The summed E-state index contributed by atoms with van der Waals surface area (Å²) in [5.41, 5.74) is 4.53. The molecule has 1 amide bonds. The standard InChI is InChI=1S/C24H21N5O2S/c1-16-5-7-17(8-6-16)19-14-32-23-22(19)24(31)29(15-26-23)11-9-21(30)25-12-18-13-28-10-3-2-4-20(28)27-18/h2-8,10,13-15H,9,11-12H2,1H3,(H,25,30). The van der Waals surface area contributed by atoms with E-state index in [1.54, 1.807) is 0 Å². The monoisotopic (exact) mass is 443 g/mol. The minimum atomic E-state index is -0.141. The molecule has 0 saturated carbocycles. The summed E-state index contributed by atoms with van der Waals surface area (Å²) >= 11 is 1.45. The molecule has 7 nitrogen and oxygen atoms in total. The number of amides is 1. The summed E-state index contributed by atoms with van der Waals surface area (Å²) in [5.74, 6) is -0.141. The molecule has 0 atom stereocenters. The van der Waals surface area contributed by atoms with E-state index < -0.39 is 0 Å². The molecule has 4 aromatic heterocycles. The Bertz CT molecular complexity index is 1450. The minimum Gasteiger partial charge on any atom is -0.350 e. The highest BCUT2D eigenvalue weighted by Crippen LogP contribution is 2.30. The average molecular weight is 444 g/mol. The first-order chi connectivity index (χ1) is 15.6. The topological polar surface area (TPSA) is 81.3 Å². The lowest BCUT2D eigenvalue weighted by Crippen LogP contribution is -2.27. The fourth-order valence-electron chi connectivity index (χ4n) is 3.64. The molecule has 5 rings (SSSR count). The van der Waals surface area contributed by atoms with Gasteiger partial charge >= 0.3 is 0 Å². The fraction of sp³-hybridized carbons (Fsp3) is 0.167. The molecule has 0 unspecified atom stereocenters. The van der Waals surface area contributed by atoms with E-state index in [0.29, 0.717) is 16.8 Å². The van der Waals surface area contributed by atoms with Crippen molar-refractivity contribution in [3.05, 3.63) is 88.2 Å². The predicted octanol–water partition coefficient (Wildman–Crippen LogP) is 3.79. The maximum Gasteiger partial charge on any atom is 0.262 e. The lowest BCUT2D eigenvalue weighted by molar-refractivity contribution is -0.121. The van der Waals surface area contributed by atoms with Gasteiger partial charge in [0, 0.05) is 36.3 Å². The van der Waals surface area contributed by atoms with E-state index in [9.17, 15) is 9.59 Å². The zero-order valence-corrected chi connectivity index (χ0v) is 18.3. The van der Waals surface area contributed by atoms with Crippen molar-refractivity contribution >= 4 is 33.1 Å². The van der Waals surface area contributed by atoms with Gasteiger partial charge in [-0.3, -0.25) is 14.2 Å². The lowest BCUT2D eigenvalue weighted by Gasteiger charge is -2.07. The summed E-state index contributed by atoms with van der Waals surface area (Å²) in [5, 5.41) is 5.45. The second kappa shape index (κ2) is 8.39. The number of imidazole rings is 1. The molecule has 0 radical (unpaired) electrons. The van der Waals surface area contributed by atoms with Crippen LogP contribution in [0.4, 0.5) is 0 Å². The molecule has 0 aliphatic carbocycles. The van der Waals surface area contributed by atoms with Gasteiger partial charge in [0.2, 0.25) is 5.91 Å². The predicted molar refractivity (Wildman–Crippen MR) is 126 cm³/mol. The Morgan fingerprint density at radius 3 is 2.81 bits per heavy atom. The van der Waals surface area contributed by atoms with Gasteiger partial charge in [-0.1, -0.05) is 35.9 Å². The van der Waals surface area contributed by atoms with Gasteiger partial charge in [-0.2, -0.15) is 0 Å². The molecule has 8 heteroatoms. The summed E-state index contributed by atoms with van der Waals surface area (Å²) < 4.78 is 3.42. The summed E-state index contributed by atoms with van der Waals surface area (Å²) in [6.07, 6.45) is 5.51. The number of carbonyl (C=O) groups is 1. The van der Waals surface area contributed by atoms with Crippen LogP contribution >= 0.6 is 11.3 Å². The number of aromatic nitrogens is 4. The van der Waals surface area contributed by atoms with E-state index in [0.717, 1.165) is 22.5 Å². The maximum atomic E-state index is 13.1. The van der Waals surface area contributed by atoms with Crippen molar-refractivity contribution in [1.82, 2.24) is 24.3 Å². The van der Waals surface area contributed by atoms with Gasteiger partial charge in [0.25, 0.3) is 5.56 Å². The molecule has 1 N–H and O–H groups in total. The average Bonchev–Trinajstić information content (AvgIpc) is 3.42. The van der Waals surface area contributed by atoms with Gasteiger partial charge in [-0.05, 0) is 24.6 Å². The van der Waals surface area contributed by atoms with Crippen molar-refractivity contribution < 1.29 is 4.79 Å². The Kier molecular flexibility index (Phi) is 5.28.